The molecule has 0 fully saturated rings. The summed E-state index contributed by atoms with van der Waals surface area (Å²) in [7, 11) is 0. The lowest BCUT2D eigenvalue weighted by Gasteiger charge is -2.07. The molecule has 0 aliphatic carbocycles. The zero-order chi connectivity index (χ0) is 14.3. The minimum atomic E-state index is -0.198. The van der Waals surface area contributed by atoms with Crippen LogP contribution >= 0.6 is 12.6 Å². The zero-order valence-electron chi connectivity index (χ0n) is 10.8. The van der Waals surface area contributed by atoms with E-state index in [0.717, 1.165) is 11.1 Å². The standard InChI is InChI=1S/C16H12O3S/c1-9-2-4-10(5-3-9)14-15(18)12-8-11(17)6-7-13(12)19-16(14)20/h2-8,17,20H,1H3. The number of phenols is 1. The topological polar surface area (TPSA) is 50.4 Å². The fraction of sp³-hybridized carbons (Fsp3) is 0.0625. The van der Waals surface area contributed by atoms with Gasteiger partial charge in [-0.15, -0.1) is 12.6 Å². The molecule has 0 saturated heterocycles. The molecule has 0 bridgehead atoms. The molecule has 1 aromatic heterocycles. The van der Waals surface area contributed by atoms with Crippen molar-refractivity contribution in [3.05, 3.63) is 58.3 Å². The Hall–Kier alpha value is -2.20. The number of rotatable bonds is 1. The van der Waals surface area contributed by atoms with Gasteiger partial charge in [0.1, 0.15) is 11.3 Å². The van der Waals surface area contributed by atoms with Crippen molar-refractivity contribution >= 4 is 23.6 Å². The monoisotopic (exact) mass is 284 g/mol. The molecular weight excluding hydrogens is 272 g/mol. The van der Waals surface area contributed by atoms with E-state index in [1.807, 2.05) is 31.2 Å². The first-order valence-electron chi connectivity index (χ1n) is 6.12. The maximum absolute atomic E-state index is 12.6. The van der Waals surface area contributed by atoms with Crippen LogP contribution in [0.5, 0.6) is 5.75 Å². The van der Waals surface area contributed by atoms with Gasteiger partial charge in [0, 0.05) is 0 Å². The molecule has 20 heavy (non-hydrogen) atoms. The molecule has 0 unspecified atom stereocenters. The Balaban J connectivity index is 2.36. The molecule has 3 aromatic rings. The van der Waals surface area contributed by atoms with E-state index >= 15 is 0 Å². The van der Waals surface area contributed by atoms with E-state index in [0.29, 0.717) is 16.5 Å². The third-order valence-corrected chi connectivity index (χ3v) is 3.51. The lowest BCUT2D eigenvalue weighted by atomic mass is 10.0. The van der Waals surface area contributed by atoms with E-state index < -0.39 is 0 Å². The van der Waals surface area contributed by atoms with Gasteiger partial charge >= 0.3 is 0 Å². The van der Waals surface area contributed by atoms with Gasteiger partial charge in [0.2, 0.25) is 5.43 Å². The third-order valence-electron chi connectivity index (χ3n) is 3.20. The van der Waals surface area contributed by atoms with Crippen LogP contribution in [-0.4, -0.2) is 5.11 Å². The van der Waals surface area contributed by atoms with Crippen LogP contribution in [0.3, 0.4) is 0 Å². The molecule has 1 heterocycles. The number of phenolic OH excluding ortho intramolecular Hbond substituents is 1. The molecule has 100 valence electrons. The Labute approximate surface area is 120 Å². The van der Waals surface area contributed by atoms with Crippen molar-refractivity contribution < 1.29 is 9.52 Å². The molecular formula is C16H12O3S. The van der Waals surface area contributed by atoms with E-state index in [1.165, 1.54) is 12.1 Å². The second-order valence-corrected chi connectivity index (χ2v) is 5.06. The first-order valence-corrected chi connectivity index (χ1v) is 6.57. The minimum Gasteiger partial charge on any atom is -0.508 e. The average molecular weight is 284 g/mol. The quantitative estimate of drug-likeness (QED) is 0.669. The van der Waals surface area contributed by atoms with Gasteiger partial charge < -0.3 is 9.52 Å². The molecule has 0 radical (unpaired) electrons. The molecule has 0 aliphatic rings. The van der Waals surface area contributed by atoms with Crippen LogP contribution in [0.2, 0.25) is 0 Å². The maximum atomic E-state index is 12.6. The van der Waals surface area contributed by atoms with Crippen molar-refractivity contribution in [2.24, 2.45) is 0 Å². The molecule has 4 heteroatoms. The number of hydrogen-bond acceptors (Lipinski definition) is 4. The van der Waals surface area contributed by atoms with E-state index in [4.69, 9.17) is 4.42 Å². The van der Waals surface area contributed by atoms with Crippen LogP contribution in [0.15, 0.2) is 56.8 Å². The highest BCUT2D eigenvalue weighted by Crippen LogP contribution is 2.28. The van der Waals surface area contributed by atoms with Crippen LogP contribution < -0.4 is 5.43 Å². The minimum absolute atomic E-state index is 0.0339. The van der Waals surface area contributed by atoms with Crippen molar-refractivity contribution in [3.63, 3.8) is 0 Å². The third kappa shape index (κ3) is 2.08. The molecule has 0 atom stereocenters. The number of aromatic hydroxyl groups is 1. The van der Waals surface area contributed by atoms with Gasteiger partial charge in [-0.2, -0.15) is 0 Å². The van der Waals surface area contributed by atoms with Crippen molar-refractivity contribution in [2.45, 2.75) is 12.0 Å². The summed E-state index contributed by atoms with van der Waals surface area (Å²) >= 11 is 4.28. The lowest BCUT2D eigenvalue weighted by molar-refractivity contribution is 0.473. The predicted molar refractivity (Wildman–Crippen MR) is 81.6 cm³/mol. The Morgan fingerprint density at radius 1 is 1.10 bits per heavy atom. The van der Waals surface area contributed by atoms with Crippen LogP contribution in [0.4, 0.5) is 0 Å². The largest absolute Gasteiger partial charge is 0.508 e. The second kappa shape index (κ2) is 4.72. The summed E-state index contributed by atoms with van der Waals surface area (Å²) in [4.78, 5) is 12.6. The Bertz CT molecular complexity index is 848. The summed E-state index contributed by atoms with van der Waals surface area (Å²) in [5.74, 6) is 0.0339. The van der Waals surface area contributed by atoms with E-state index in [2.05, 4.69) is 12.6 Å². The highest BCUT2D eigenvalue weighted by Gasteiger charge is 2.14. The van der Waals surface area contributed by atoms with Crippen LogP contribution in [-0.2, 0) is 0 Å². The van der Waals surface area contributed by atoms with Gasteiger partial charge in [-0.3, -0.25) is 4.79 Å². The lowest BCUT2D eigenvalue weighted by Crippen LogP contribution is -2.06. The molecule has 1 N–H and O–H groups in total. The first-order chi connectivity index (χ1) is 9.56. The number of benzene rings is 2. The maximum Gasteiger partial charge on any atom is 0.201 e. The van der Waals surface area contributed by atoms with Crippen molar-refractivity contribution in [1.82, 2.24) is 0 Å². The number of thiol groups is 1. The Morgan fingerprint density at radius 3 is 2.50 bits per heavy atom. The SMILES string of the molecule is Cc1ccc(-c2c(S)oc3ccc(O)cc3c2=O)cc1. The Morgan fingerprint density at radius 2 is 1.80 bits per heavy atom. The summed E-state index contributed by atoms with van der Waals surface area (Å²) in [6.45, 7) is 1.98. The van der Waals surface area contributed by atoms with Gasteiger partial charge in [0.05, 0.1) is 10.9 Å². The second-order valence-electron chi connectivity index (χ2n) is 4.66. The molecule has 0 spiro atoms. The predicted octanol–water partition coefficient (Wildman–Crippen LogP) is 3.76. The molecule has 3 nitrogen and oxygen atoms in total. The van der Waals surface area contributed by atoms with E-state index in [9.17, 15) is 9.90 Å². The van der Waals surface area contributed by atoms with Crippen LogP contribution in [0.25, 0.3) is 22.1 Å². The molecule has 3 rings (SSSR count). The van der Waals surface area contributed by atoms with Crippen molar-refractivity contribution in [2.75, 3.05) is 0 Å². The number of aryl methyl sites for hydroxylation is 1. The first kappa shape index (κ1) is 12.8. The van der Waals surface area contributed by atoms with Gasteiger partial charge in [0.25, 0.3) is 0 Å². The van der Waals surface area contributed by atoms with Gasteiger partial charge in [-0.05, 0) is 30.7 Å². The van der Waals surface area contributed by atoms with Crippen molar-refractivity contribution in [1.29, 1.82) is 0 Å². The summed E-state index contributed by atoms with van der Waals surface area (Å²) in [6, 6.07) is 12.0. The molecule has 0 saturated carbocycles. The number of fused-ring (bicyclic) bond motifs is 1. The molecule has 2 aromatic carbocycles. The van der Waals surface area contributed by atoms with E-state index in [1.54, 1.807) is 6.07 Å². The van der Waals surface area contributed by atoms with Gasteiger partial charge in [-0.1, -0.05) is 29.8 Å². The number of hydrogen-bond donors (Lipinski definition) is 2. The van der Waals surface area contributed by atoms with Gasteiger partial charge in [-0.25, -0.2) is 0 Å². The average Bonchev–Trinajstić information content (AvgIpc) is 2.42. The summed E-state index contributed by atoms with van der Waals surface area (Å²) in [5, 5.41) is 10.1. The van der Waals surface area contributed by atoms with E-state index in [-0.39, 0.29) is 16.3 Å². The van der Waals surface area contributed by atoms with Crippen molar-refractivity contribution in [3.8, 4) is 16.9 Å². The summed E-state index contributed by atoms with van der Waals surface area (Å²) in [6.07, 6.45) is 0. The molecule has 0 aliphatic heterocycles. The van der Waals surface area contributed by atoms with Crippen LogP contribution in [0, 0.1) is 6.92 Å². The highest BCUT2D eigenvalue weighted by atomic mass is 32.1. The fourth-order valence-electron chi connectivity index (χ4n) is 2.15. The van der Waals surface area contributed by atoms with Gasteiger partial charge in [0.15, 0.2) is 5.09 Å². The normalized spacial score (nSPS) is 10.9. The summed E-state index contributed by atoms with van der Waals surface area (Å²) < 4.78 is 5.57. The Kier molecular flexibility index (Phi) is 3.03. The fourth-order valence-corrected chi connectivity index (χ4v) is 2.48. The van der Waals surface area contributed by atoms with Crippen LogP contribution in [0.1, 0.15) is 5.56 Å². The molecule has 0 amide bonds. The zero-order valence-corrected chi connectivity index (χ0v) is 11.6. The smallest absolute Gasteiger partial charge is 0.201 e. The summed E-state index contributed by atoms with van der Waals surface area (Å²) in [5.41, 5.74) is 2.48. The highest BCUT2D eigenvalue weighted by molar-refractivity contribution is 7.80.